The smallest absolute Gasteiger partial charge is 0.347 e. The molecule has 2 amide bonds. The Labute approximate surface area is 161 Å². The van der Waals surface area contributed by atoms with Gasteiger partial charge in [0.15, 0.2) is 22.5 Å². The summed E-state index contributed by atoms with van der Waals surface area (Å²) in [5, 5.41) is 0. The molecular formula is C17H21FN2O7S. The molecule has 2 N–H and O–H groups in total. The molecule has 0 saturated carbocycles. The maximum atomic E-state index is 12.8. The Morgan fingerprint density at radius 1 is 1.18 bits per heavy atom. The number of esters is 1. The van der Waals surface area contributed by atoms with E-state index in [2.05, 4.69) is 10.9 Å². The van der Waals surface area contributed by atoms with Crippen molar-refractivity contribution in [1.29, 1.82) is 0 Å². The Balaban J connectivity index is 1.65. The zero-order valence-corrected chi connectivity index (χ0v) is 16.0. The lowest BCUT2D eigenvalue weighted by Gasteiger charge is -2.14. The van der Waals surface area contributed by atoms with Crippen LogP contribution in [-0.4, -0.2) is 50.4 Å². The van der Waals surface area contributed by atoms with Crippen molar-refractivity contribution < 1.29 is 36.7 Å². The Morgan fingerprint density at radius 2 is 1.82 bits per heavy atom. The highest BCUT2D eigenvalue weighted by Gasteiger charge is 2.29. The molecule has 1 aromatic carbocycles. The fraction of sp³-hybridized carbons (Fsp3) is 0.471. The number of benzene rings is 1. The van der Waals surface area contributed by atoms with Crippen LogP contribution in [-0.2, 0) is 29.0 Å². The Hall–Kier alpha value is -2.69. The molecule has 0 aliphatic carbocycles. The largest absolute Gasteiger partial charge is 0.479 e. The molecule has 2 rings (SSSR count). The Kier molecular flexibility index (Phi) is 7.32. The molecule has 2 atom stereocenters. The normalized spacial score (nSPS) is 18.7. The second-order valence-electron chi connectivity index (χ2n) is 6.39. The van der Waals surface area contributed by atoms with Gasteiger partial charge in [-0.3, -0.25) is 20.4 Å². The van der Waals surface area contributed by atoms with Crippen LogP contribution in [0, 0.1) is 11.7 Å². The van der Waals surface area contributed by atoms with E-state index < -0.39 is 46.1 Å². The van der Waals surface area contributed by atoms with Crippen LogP contribution < -0.4 is 15.6 Å². The molecule has 1 aromatic rings. The average Bonchev–Trinajstić information content (AvgIpc) is 2.98. The molecule has 0 bridgehead atoms. The number of carbonyl (C=O) groups excluding carboxylic acids is 3. The van der Waals surface area contributed by atoms with Gasteiger partial charge in [-0.05, 0) is 43.5 Å². The summed E-state index contributed by atoms with van der Waals surface area (Å²) in [7, 11) is -3.08. The van der Waals surface area contributed by atoms with Crippen LogP contribution in [0.1, 0.15) is 19.8 Å². The molecule has 11 heteroatoms. The first kappa shape index (κ1) is 21.6. The maximum absolute atomic E-state index is 12.8. The van der Waals surface area contributed by atoms with Crippen LogP contribution in [0.15, 0.2) is 24.3 Å². The Bertz CT molecular complexity index is 826. The molecule has 9 nitrogen and oxygen atoms in total. The molecule has 0 unspecified atom stereocenters. The minimum absolute atomic E-state index is 0.0260. The quantitative estimate of drug-likeness (QED) is 0.477. The van der Waals surface area contributed by atoms with E-state index in [0.29, 0.717) is 6.42 Å². The van der Waals surface area contributed by atoms with Crippen molar-refractivity contribution in [3.63, 3.8) is 0 Å². The molecular weight excluding hydrogens is 395 g/mol. The lowest BCUT2D eigenvalue weighted by molar-refractivity contribution is -0.155. The van der Waals surface area contributed by atoms with E-state index in [0.717, 1.165) is 0 Å². The van der Waals surface area contributed by atoms with Crippen LogP contribution in [0.3, 0.4) is 0 Å². The molecule has 154 valence electrons. The van der Waals surface area contributed by atoms with Gasteiger partial charge < -0.3 is 9.47 Å². The number of hydrogen-bond acceptors (Lipinski definition) is 7. The van der Waals surface area contributed by atoms with Crippen LogP contribution in [0.4, 0.5) is 4.39 Å². The average molecular weight is 416 g/mol. The second-order valence-corrected chi connectivity index (χ2v) is 8.62. The van der Waals surface area contributed by atoms with Crippen LogP contribution in [0.2, 0.25) is 0 Å². The van der Waals surface area contributed by atoms with Crippen molar-refractivity contribution in [2.45, 2.75) is 25.9 Å². The van der Waals surface area contributed by atoms with Crippen LogP contribution in [0.5, 0.6) is 5.75 Å². The van der Waals surface area contributed by atoms with Crippen molar-refractivity contribution in [2.75, 3.05) is 18.1 Å². The van der Waals surface area contributed by atoms with Gasteiger partial charge >= 0.3 is 5.97 Å². The first-order valence-corrected chi connectivity index (χ1v) is 10.3. The SMILES string of the molecule is C[C@@H](Oc1ccc(F)cc1)C(=O)OCC(=O)NNC(=O)C[C@H]1CCS(=O)(=O)C1. The van der Waals surface area contributed by atoms with Gasteiger partial charge in [-0.15, -0.1) is 0 Å². The molecule has 28 heavy (non-hydrogen) atoms. The minimum Gasteiger partial charge on any atom is -0.479 e. The summed E-state index contributed by atoms with van der Waals surface area (Å²) < 4.78 is 45.5. The van der Waals surface area contributed by atoms with Gasteiger partial charge in [-0.2, -0.15) is 0 Å². The topological polar surface area (TPSA) is 128 Å². The highest BCUT2D eigenvalue weighted by atomic mass is 32.2. The number of nitrogens with one attached hydrogen (secondary N) is 2. The van der Waals surface area contributed by atoms with Crippen molar-refractivity contribution in [1.82, 2.24) is 10.9 Å². The molecule has 0 spiro atoms. The first-order chi connectivity index (χ1) is 13.1. The fourth-order valence-corrected chi connectivity index (χ4v) is 4.40. The molecule has 0 radical (unpaired) electrons. The van der Waals surface area contributed by atoms with E-state index in [9.17, 15) is 27.2 Å². The number of hydrogen-bond donors (Lipinski definition) is 2. The number of amides is 2. The van der Waals surface area contributed by atoms with E-state index in [1.54, 1.807) is 0 Å². The van der Waals surface area contributed by atoms with Crippen molar-refractivity contribution >= 4 is 27.6 Å². The van der Waals surface area contributed by atoms with E-state index in [1.807, 2.05) is 0 Å². The zero-order valence-electron chi connectivity index (χ0n) is 15.1. The molecule has 1 saturated heterocycles. The molecule has 1 fully saturated rings. The molecule has 1 aliphatic rings. The van der Waals surface area contributed by atoms with Crippen LogP contribution in [0.25, 0.3) is 0 Å². The highest BCUT2D eigenvalue weighted by molar-refractivity contribution is 7.91. The minimum atomic E-state index is -3.08. The van der Waals surface area contributed by atoms with Gasteiger partial charge in [0.2, 0.25) is 5.91 Å². The lowest BCUT2D eigenvalue weighted by atomic mass is 10.1. The number of halogens is 1. The van der Waals surface area contributed by atoms with E-state index in [-0.39, 0.29) is 29.6 Å². The third-order valence-corrected chi connectivity index (χ3v) is 5.78. The third kappa shape index (κ3) is 7.14. The summed E-state index contributed by atoms with van der Waals surface area (Å²) in [5.74, 6) is -2.56. The van der Waals surface area contributed by atoms with Gasteiger partial charge in [-0.1, -0.05) is 0 Å². The third-order valence-electron chi connectivity index (χ3n) is 3.95. The summed E-state index contributed by atoms with van der Waals surface area (Å²) in [6.45, 7) is 0.759. The van der Waals surface area contributed by atoms with Crippen molar-refractivity contribution in [3.05, 3.63) is 30.1 Å². The summed E-state index contributed by atoms with van der Waals surface area (Å²) in [5.41, 5.74) is 4.22. The van der Waals surface area contributed by atoms with Gasteiger partial charge in [0.05, 0.1) is 11.5 Å². The number of ether oxygens (including phenoxy) is 2. The first-order valence-electron chi connectivity index (χ1n) is 8.51. The predicted octanol–water partition coefficient (Wildman–Crippen LogP) is 0.108. The second kappa shape index (κ2) is 9.49. The highest BCUT2D eigenvalue weighted by Crippen LogP contribution is 2.21. The molecule has 0 aromatic heterocycles. The number of carbonyl (C=O) groups is 3. The van der Waals surface area contributed by atoms with E-state index in [4.69, 9.17) is 9.47 Å². The van der Waals surface area contributed by atoms with Crippen molar-refractivity contribution in [2.24, 2.45) is 5.92 Å². The van der Waals surface area contributed by atoms with Gasteiger partial charge in [-0.25, -0.2) is 17.6 Å². The van der Waals surface area contributed by atoms with Crippen LogP contribution >= 0.6 is 0 Å². The van der Waals surface area contributed by atoms with E-state index >= 15 is 0 Å². The Morgan fingerprint density at radius 3 is 2.43 bits per heavy atom. The number of hydrazine groups is 1. The monoisotopic (exact) mass is 416 g/mol. The standard InChI is InChI=1S/C17H21FN2O7S/c1-11(27-14-4-2-13(18)3-5-14)17(23)26-9-16(22)20-19-15(21)8-12-6-7-28(24,25)10-12/h2-5,11-12H,6-10H2,1H3,(H,19,21)(H,20,22)/t11-,12-/m1/s1. The van der Waals surface area contributed by atoms with E-state index in [1.165, 1.54) is 31.2 Å². The zero-order chi connectivity index (χ0) is 20.7. The van der Waals surface area contributed by atoms with Gasteiger partial charge in [0.25, 0.3) is 5.91 Å². The van der Waals surface area contributed by atoms with Crippen molar-refractivity contribution in [3.8, 4) is 5.75 Å². The fourth-order valence-electron chi connectivity index (χ4n) is 2.54. The van der Waals surface area contributed by atoms with Gasteiger partial charge in [0, 0.05) is 6.42 Å². The molecule has 1 aliphatic heterocycles. The van der Waals surface area contributed by atoms with Gasteiger partial charge in [0.1, 0.15) is 11.6 Å². The maximum Gasteiger partial charge on any atom is 0.347 e. The number of rotatable bonds is 7. The molecule has 1 heterocycles. The number of sulfone groups is 1. The lowest BCUT2D eigenvalue weighted by Crippen LogP contribution is -2.44. The summed E-state index contributed by atoms with van der Waals surface area (Å²) in [4.78, 5) is 35.1. The summed E-state index contributed by atoms with van der Waals surface area (Å²) >= 11 is 0. The summed E-state index contributed by atoms with van der Waals surface area (Å²) in [6, 6.07) is 5.03. The predicted molar refractivity (Wildman–Crippen MR) is 95.1 cm³/mol. The summed E-state index contributed by atoms with van der Waals surface area (Å²) in [6.07, 6.45) is -0.646.